The van der Waals surface area contributed by atoms with Crippen molar-refractivity contribution in [1.82, 2.24) is 0 Å². The van der Waals surface area contributed by atoms with Crippen LogP contribution in [0.1, 0.15) is 11.1 Å². The molecule has 136 valence electrons. The first-order chi connectivity index (χ1) is 12.3. The Balaban J connectivity index is 1.82. The molecule has 0 saturated carbocycles. The molecule has 0 aliphatic heterocycles. The fourth-order valence-corrected chi connectivity index (χ4v) is 2.78. The molecule has 0 radical (unpaired) electrons. The molecule has 0 atom stereocenters. The third-order valence-electron chi connectivity index (χ3n) is 3.57. The number of carbonyl (C=O) groups is 2. The van der Waals surface area contributed by atoms with Crippen LogP contribution in [0.4, 0.5) is 11.4 Å². The summed E-state index contributed by atoms with van der Waals surface area (Å²) < 4.78 is 5.85. The highest BCUT2D eigenvalue weighted by Gasteiger charge is 2.06. The summed E-state index contributed by atoms with van der Waals surface area (Å²) in [6.45, 7) is 1.65. The number of benzene rings is 2. The van der Waals surface area contributed by atoms with Gasteiger partial charge in [0.25, 0.3) is 5.91 Å². The van der Waals surface area contributed by atoms with Gasteiger partial charge in [0.05, 0.1) is 0 Å². The van der Waals surface area contributed by atoms with Gasteiger partial charge in [-0.25, -0.2) is 4.79 Å². The largest absolute Gasteiger partial charge is 0.452 e. The number of aryl methyl sites for hydroxylation is 1. The van der Waals surface area contributed by atoms with Crippen LogP contribution in [0, 0.1) is 6.92 Å². The molecule has 0 aromatic heterocycles. The molecule has 0 heterocycles. The van der Waals surface area contributed by atoms with Crippen molar-refractivity contribution in [2.45, 2.75) is 6.92 Å². The van der Waals surface area contributed by atoms with Crippen molar-refractivity contribution in [3.8, 4) is 0 Å². The molecule has 0 bridgehead atoms. The molecule has 26 heavy (non-hydrogen) atoms. The third-order valence-corrected chi connectivity index (χ3v) is 4.25. The number of nitrogens with one attached hydrogen (secondary N) is 1. The van der Waals surface area contributed by atoms with E-state index in [-0.39, 0.29) is 12.5 Å². The van der Waals surface area contributed by atoms with E-state index in [1.807, 2.05) is 56.3 Å². The molecule has 2 aromatic rings. The predicted octanol–water partition coefficient (Wildman–Crippen LogP) is 4.02. The zero-order chi connectivity index (χ0) is 19.1. The summed E-state index contributed by atoms with van der Waals surface area (Å²) in [5.41, 5.74) is 3.66. The Labute approximate surface area is 161 Å². The van der Waals surface area contributed by atoms with E-state index in [0.29, 0.717) is 5.69 Å². The summed E-state index contributed by atoms with van der Waals surface area (Å²) in [5.74, 6) is -0.962. The molecule has 0 fully saturated rings. The fraction of sp³-hybridized carbons (Fsp3) is 0.200. The average molecular weight is 417 g/mol. The molecule has 0 saturated heterocycles. The monoisotopic (exact) mass is 416 g/mol. The van der Waals surface area contributed by atoms with E-state index in [2.05, 4.69) is 21.2 Å². The number of nitrogens with zero attached hydrogens (tertiary/aromatic N) is 1. The van der Waals surface area contributed by atoms with Crippen LogP contribution in [0.5, 0.6) is 0 Å². The maximum absolute atomic E-state index is 11.9. The number of hydrogen-bond donors (Lipinski definition) is 1. The van der Waals surface area contributed by atoms with Crippen molar-refractivity contribution >= 4 is 45.3 Å². The average Bonchev–Trinajstić information content (AvgIpc) is 2.59. The lowest BCUT2D eigenvalue weighted by Crippen LogP contribution is -2.20. The lowest BCUT2D eigenvalue weighted by Gasteiger charge is -2.13. The SMILES string of the molecule is Cc1ccc(/C=C/C(=O)OCC(=O)Nc2ccc(N(C)C)cc2)c(Br)c1. The first-order valence-electron chi connectivity index (χ1n) is 8.03. The normalized spacial score (nSPS) is 10.6. The fourth-order valence-electron chi connectivity index (χ4n) is 2.15. The first-order valence-corrected chi connectivity index (χ1v) is 8.82. The second kappa shape index (κ2) is 9.20. The first kappa shape index (κ1) is 19.7. The maximum Gasteiger partial charge on any atom is 0.331 e. The minimum Gasteiger partial charge on any atom is -0.452 e. The van der Waals surface area contributed by atoms with Crippen LogP contribution in [-0.2, 0) is 14.3 Å². The molecule has 2 aromatic carbocycles. The van der Waals surface area contributed by atoms with Gasteiger partial charge in [0.15, 0.2) is 6.61 Å². The van der Waals surface area contributed by atoms with Crippen molar-refractivity contribution in [2.75, 3.05) is 30.9 Å². The Morgan fingerprint density at radius 3 is 2.46 bits per heavy atom. The van der Waals surface area contributed by atoms with Crippen LogP contribution in [0.15, 0.2) is 53.0 Å². The number of hydrogen-bond acceptors (Lipinski definition) is 4. The number of ether oxygens (including phenoxy) is 1. The highest BCUT2D eigenvalue weighted by Crippen LogP contribution is 2.19. The van der Waals surface area contributed by atoms with E-state index >= 15 is 0 Å². The lowest BCUT2D eigenvalue weighted by molar-refractivity contribution is -0.142. The van der Waals surface area contributed by atoms with Gasteiger partial charge in [-0.3, -0.25) is 4.79 Å². The quantitative estimate of drug-likeness (QED) is 0.570. The Bertz CT molecular complexity index is 814. The molecular formula is C20H21BrN2O3. The molecule has 2 rings (SSSR count). The number of amides is 1. The summed E-state index contributed by atoms with van der Waals surface area (Å²) in [4.78, 5) is 25.6. The maximum atomic E-state index is 11.9. The minimum absolute atomic E-state index is 0.340. The summed E-state index contributed by atoms with van der Waals surface area (Å²) in [6, 6.07) is 13.2. The topological polar surface area (TPSA) is 58.6 Å². The lowest BCUT2D eigenvalue weighted by atomic mass is 10.1. The van der Waals surface area contributed by atoms with Crippen LogP contribution in [-0.4, -0.2) is 32.6 Å². The Kier molecular flexibility index (Phi) is 6.97. The van der Waals surface area contributed by atoms with Crippen molar-refractivity contribution in [2.24, 2.45) is 0 Å². The van der Waals surface area contributed by atoms with Gasteiger partial charge < -0.3 is 15.0 Å². The summed E-state index contributed by atoms with van der Waals surface area (Å²) in [7, 11) is 3.88. The molecule has 5 nitrogen and oxygen atoms in total. The van der Waals surface area contributed by atoms with Gasteiger partial charge in [0.1, 0.15) is 0 Å². The standard InChI is InChI=1S/C20H21BrN2O3/c1-14-4-5-15(18(21)12-14)6-11-20(25)26-13-19(24)22-16-7-9-17(10-8-16)23(2)3/h4-12H,13H2,1-3H3,(H,22,24)/b11-6+. The van der Waals surface area contributed by atoms with Gasteiger partial charge in [-0.05, 0) is 54.5 Å². The van der Waals surface area contributed by atoms with E-state index in [9.17, 15) is 9.59 Å². The van der Waals surface area contributed by atoms with Crippen molar-refractivity contribution in [1.29, 1.82) is 0 Å². The van der Waals surface area contributed by atoms with Crippen molar-refractivity contribution in [3.05, 3.63) is 64.1 Å². The number of halogens is 1. The molecule has 0 unspecified atom stereocenters. The smallest absolute Gasteiger partial charge is 0.331 e. The number of esters is 1. The second-order valence-electron chi connectivity index (χ2n) is 5.96. The summed E-state index contributed by atoms with van der Waals surface area (Å²) in [5, 5.41) is 2.69. The number of rotatable bonds is 6. The molecule has 0 aliphatic carbocycles. The summed E-state index contributed by atoms with van der Waals surface area (Å²) >= 11 is 3.44. The molecule has 1 amide bonds. The minimum atomic E-state index is -0.574. The predicted molar refractivity (Wildman–Crippen MR) is 108 cm³/mol. The summed E-state index contributed by atoms with van der Waals surface area (Å²) in [6.07, 6.45) is 2.94. The highest BCUT2D eigenvalue weighted by atomic mass is 79.9. The zero-order valence-corrected chi connectivity index (χ0v) is 16.5. The van der Waals surface area contributed by atoms with Crippen LogP contribution in [0.2, 0.25) is 0 Å². The van der Waals surface area contributed by atoms with E-state index in [0.717, 1.165) is 21.3 Å². The molecular weight excluding hydrogens is 396 g/mol. The Morgan fingerprint density at radius 1 is 1.15 bits per heavy atom. The Hall–Kier alpha value is -2.60. The van der Waals surface area contributed by atoms with Crippen LogP contribution < -0.4 is 10.2 Å². The van der Waals surface area contributed by atoms with Gasteiger partial charge >= 0.3 is 5.97 Å². The zero-order valence-electron chi connectivity index (χ0n) is 15.0. The van der Waals surface area contributed by atoms with Crippen molar-refractivity contribution in [3.63, 3.8) is 0 Å². The van der Waals surface area contributed by atoms with E-state index in [4.69, 9.17) is 4.74 Å². The van der Waals surface area contributed by atoms with E-state index in [1.165, 1.54) is 6.08 Å². The van der Waals surface area contributed by atoms with Gasteiger partial charge in [-0.15, -0.1) is 0 Å². The van der Waals surface area contributed by atoms with E-state index < -0.39 is 5.97 Å². The molecule has 0 aliphatic rings. The third kappa shape index (κ3) is 6.04. The number of anilines is 2. The number of carbonyl (C=O) groups excluding carboxylic acids is 2. The van der Waals surface area contributed by atoms with Gasteiger partial charge in [-0.1, -0.05) is 28.1 Å². The van der Waals surface area contributed by atoms with Gasteiger partial charge in [-0.2, -0.15) is 0 Å². The highest BCUT2D eigenvalue weighted by molar-refractivity contribution is 9.10. The van der Waals surface area contributed by atoms with Crippen molar-refractivity contribution < 1.29 is 14.3 Å². The molecule has 6 heteroatoms. The van der Waals surface area contributed by atoms with Crippen LogP contribution >= 0.6 is 15.9 Å². The second-order valence-corrected chi connectivity index (χ2v) is 6.81. The van der Waals surface area contributed by atoms with Crippen LogP contribution in [0.25, 0.3) is 6.08 Å². The van der Waals surface area contributed by atoms with E-state index in [1.54, 1.807) is 18.2 Å². The Morgan fingerprint density at radius 2 is 1.85 bits per heavy atom. The van der Waals surface area contributed by atoms with Gasteiger partial charge in [0.2, 0.25) is 0 Å². The molecule has 0 spiro atoms. The van der Waals surface area contributed by atoms with Crippen LogP contribution in [0.3, 0.4) is 0 Å². The molecule has 1 N–H and O–H groups in total. The van der Waals surface area contributed by atoms with Gasteiger partial charge in [0, 0.05) is 36.0 Å².